The monoisotopic (exact) mass is 346 g/mol. The molecule has 0 amide bonds. The van der Waals surface area contributed by atoms with E-state index < -0.39 is 5.66 Å². The first kappa shape index (κ1) is 16.9. The Morgan fingerprint density at radius 3 is 2.27 bits per heavy atom. The van der Waals surface area contributed by atoms with Crippen molar-refractivity contribution < 1.29 is 0 Å². The summed E-state index contributed by atoms with van der Waals surface area (Å²) in [6.45, 7) is 0. The second-order valence-electron chi connectivity index (χ2n) is 7.22. The summed E-state index contributed by atoms with van der Waals surface area (Å²) >= 11 is 0. The fraction of sp³-hybridized carbons (Fsp3) is 0.318. The molecular formula is C22H26N4. The van der Waals surface area contributed by atoms with Gasteiger partial charge in [-0.2, -0.15) is 0 Å². The predicted octanol–water partition coefficient (Wildman–Crippen LogP) is 4.23. The number of hydrogen-bond acceptors (Lipinski definition) is 4. The van der Waals surface area contributed by atoms with Gasteiger partial charge in [-0.1, -0.05) is 67.8 Å². The first-order chi connectivity index (χ1) is 12.7. The van der Waals surface area contributed by atoms with Crippen molar-refractivity contribution in [1.29, 1.82) is 0 Å². The molecule has 0 saturated heterocycles. The molecule has 0 bridgehead atoms. The van der Waals surface area contributed by atoms with Gasteiger partial charge in [0.15, 0.2) is 0 Å². The Bertz CT molecular complexity index is 791. The summed E-state index contributed by atoms with van der Waals surface area (Å²) in [6, 6.07) is 20.4. The minimum atomic E-state index is -0.673. The maximum atomic E-state index is 6.86. The Morgan fingerprint density at radius 1 is 0.923 bits per heavy atom. The van der Waals surface area contributed by atoms with Gasteiger partial charge in [0.1, 0.15) is 17.3 Å². The van der Waals surface area contributed by atoms with Crippen molar-refractivity contribution in [2.24, 2.45) is 16.6 Å². The molecule has 4 heteroatoms. The second kappa shape index (κ2) is 7.34. The van der Waals surface area contributed by atoms with E-state index in [2.05, 4.69) is 41.0 Å². The molecule has 134 valence electrons. The predicted molar refractivity (Wildman–Crippen MR) is 108 cm³/mol. The summed E-state index contributed by atoms with van der Waals surface area (Å²) in [6.07, 6.45) is 8.13. The van der Waals surface area contributed by atoms with Crippen LogP contribution in [0.25, 0.3) is 0 Å². The van der Waals surface area contributed by atoms with E-state index in [4.69, 9.17) is 10.7 Å². The van der Waals surface area contributed by atoms with Gasteiger partial charge in [0.05, 0.1) is 0 Å². The van der Waals surface area contributed by atoms with Gasteiger partial charge in [0.2, 0.25) is 0 Å². The topological polar surface area (TPSA) is 62.4 Å². The van der Waals surface area contributed by atoms with Crippen LogP contribution in [0.5, 0.6) is 0 Å². The number of nitrogens with one attached hydrogen (secondary N) is 2. The zero-order valence-corrected chi connectivity index (χ0v) is 15.0. The van der Waals surface area contributed by atoms with Crippen LogP contribution in [-0.4, -0.2) is 11.5 Å². The molecule has 1 fully saturated rings. The minimum absolute atomic E-state index is 0.379. The van der Waals surface area contributed by atoms with Gasteiger partial charge >= 0.3 is 0 Å². The number of benzene rings is 2. The molecule has 2 aliphatic rings. The third-order valence-electron chi connectivity index (χ3n) is 5.29. The first-order valence-corrected chi connectivity index (χ1v) is 9.49. The highest BCUT2D eigenvalue weighted by atomic mass is 15.2. The summed E-state index contributed by atoms with van der Waals surface area (Å²) < 4.78 is 0. The number of rotatable bonds is 4. The van der Waals surface area contributed by atoms with Crippen molar-refractivity contribution in [2.75, 3.05) is 5.32 Å². The Morgan fingerprint density at radius 2 is 1.58 bits per heavy atom. The summed E-state index contributed by atoms with van der Waals surface area (Å²) in [4.78, 5) is 4.97. The summed E-state index contributed by atoms with van der Waals surface area (Å²) in [5.74, 6) is 2.11. The highest BCUT2D eigenvalue weighted by Crippen LogP contribution is 2.35. The molecule has 4 rings (SSSR count). The van der Waals surface area contributed by atoms with Crippen molar-refractivity contribution in [2.45, 2.75) is 37.8 Å². The average Bonchev–Trinajstić information content (AvgIpc) is 2.70. The van der Waals surface area contributed by atoms with Crippen LogP contribution < -0.4 is 16.4 Å². The molecule has 2 aromatic rings. The summed E-state index contributed by atoms with van der Waals surface area (Å²) in [7, 11) is 0. The number of aliphatic imine (C=N–C) groups is 1. The largest absolute Gasteiger partial charge is 0.342 e. The number of nitrogens with zero attached hydrogens (tertiary/aromatic N) is 1. The van der Waals surface area contributed by atoms with Gasteiger partial charge in [-0.25, -0.2) is 4.99 Å². The molecule has 1 saturated carbocycles. The van der Waals surface area contributed by atoms with Crippen molar-refractivity contribution in [1.82, 2.24) is 5.32 Å². The van der Waals surface area contributed by atoms with Crippen LogP contribution >= 0.6 is 0 Å². The number of amidine groups is 1. The van der Waals surface area contributed by atoms with Crippen molar-refractivity contribution in [3.8, 4) is 0 Å². The summed E-state index contributed by atoms with van der Waals surface area (Å²) in [5, 5.41) is 6.90. The lowest BCUT2D eigenvalue weighted by atomic mass is 9.79. The van der Waals surface area contributed by atoms with E-state index >= 15 is 0 Å². The molecule has 1 aliphatic heterocycles. The fourth-order valence-corrected chi connectivity index (χ4v) is 3.90. The maximum Gasteiger partial charge on any atom is 0.136 e. The van der Waals surface area contributed by atoms with E-state index in [-0.39, 0.29) is 0 Å². The Balaban J connectivity index is 1.68. The van der Waals surface area contributed by atoms with Crippen molar-refractivity contribution in [3.63, 3.8) is 0 Å². The number of hydrogen-bond donors (Lipinski definition) is 3. The Hall–Kier alpha value is -2.59. The van der Waals surface area contributed by atoms with Crippen LogP contribution in [0.15, 0.2) is 77.6 Å². The zero-order valence-electron chi connectivity index (χ0n) is 15.0. The molecule has 4 N–H and O–H groups in total. The van der Waals surface area contributed by atoms with Gasteiger partial charge in [-0.05, 0) is 31.1 Å². The molecule has 1 unspecified atom stereocenters. The standard InChI is InChI=1S/C22H26N4/c23-22(18-12-6-2-7-13-18)16-20(24-19-14-8-3-9-15-19)25-21(26-22)17-10-4-1-5-11-17/h1,3-5,8-11,14-16,18,24H,2,6-7,12-13,23H2,(H,25,26). The van der Waals surface area contributed by atoms with Crippen LogP contribution in [0.2, 0.25) is 0 Å². The van der Waals surface area contributed by atoms with Gasteiger partial charge < -0.3 is 16.4 Å². The lowest BCUT2D eigenvalue weighted by Crippen LogP contribution is -2.51. The van der Waals surface area contributed by atoms with E-state index in [1.165, 1.54) is 19.3 Å². The highest BCUT2D eigenvalue weighted by Gasteiger charge is 2.37. The molecule has 0 spiro atoms. The second-order valence-corrected chi connectivity index (χ2v) is 7.22. The van der Waals surface area contributed by atoms with Gasteiger partial charge in [-0.15, -0.1) is 0 Å². The average molecular weight is 346 g/mol. The summed E-state index contributed by atoms with van der Waals surface area (Å²) in [5.41, 5.74) is 8.28. The van der Waals surface area contributed by atoms with E-state index in [1.807, 2.05) is 36.4 Å². The molecule has 1 heterocycles. The fourth-order valence-electron chi connectivity index (χ4n) is 3.90. The van der Waals surface area contributed by atoms with Gasteiger partial charge in [-0.3, -0.25) is 0 Å². The molecular weight excluding hydrogens is 320 g/mol. The third kappa shape index (κ3) is 3.65. The van der Waals surface area contributed by atoms with Crippen LogP contribution in [0.3, 0.4) is 0 Å². The lowest BCUT2D eigenvalue weighted by Gasteiger charge is -2.38. The number of nitrogens with two attached hydrogens (primary N) is 1. The van der Waals surface area contributed by atoms with E-state index in [1.54, 1.807) is 0 Å². The van der Waals surface area contributed by atoms with Crippen molar-refractivity contribution >= 4 is 11.5 Å². The molecule has 1 aliphatic carbocycles. The normalized spacial score (nSPS) is 23.6. The molecule has 2 aromatic carbocycles. The lowest BCUT2D eigenvalue weighted by molar-refractivity contribution is 0.252. The van der Waals surface area contributed by atoms with Crippen LogP contribution in [0.1, 0.15) is 37.7 Å². The highest BCUT2D eigenvalue weighted by molar-refractivity contribution is 6.01. The first-order valence-electron chi connectivity index (χ1n) is 9.49. The quantitative estimate of drug-likeness (QED) is 0.776. The number of anilines is 1. The van der Waals surface area contributed by atoms with E-state index in [9.17, 15) is 0 Å². The Labute approximate surface area is 155 Å². The molecule has 0 radical (unpaired) electrons. The van der Waals surface area contributed by atoms with Gasteiger partial charge in [0, 0.05) is 17.2 Å². The molecule has 0 aromatic heterocycles. The van der Waals surface area contributed by atoms with Crippen molar-refractivity contribution in [3.05, 3.63) is 78.1 Å². The Kier molecular flexibility index (Phi) is 4.76. The molecule has 4 nitrogen and oxygen atoms in total. The molecule has 26 heavy (non-hydrogen) atoms. The third-order valence-corrected chi connectivity index (χ3v) is 5.29. The van der Waals surface area contributed by atoms with Crippen LogP contribution in [0.4, 0.5) is 5.69 Å². The maximum absolute atomic E-state index is 6.86. The van der Waals surface area contributed by atoms with Crippen LogP contribution in [-0.2, 0) is 0 Å². The SMILES string of the molecule is NC1(C2CCCCC2)C=C(Nc2ccccc2)NC(c2ccccc2)=N1. The minimum Gasteiger partial charge on any atom is -0.342 e. The van der Waals surface area contributed by atoms with Gasteiger partial charge in [0.25, 0.3) is 0 Å². The number of para-hydroxylation sites is 1. The van der Waals surface area contributed by atoms with Crippen LogP contribution in [0, 0.1) is 5.92 Å². The molecule has 1 atom stereocenters. The van der Waals surface area contributed by atoms with E-state index in [0.717, 1.165) is 35.7 Å². The smallest absolute Gasteiger partial charge is 0.136 e. The van der Waals surface area contributed by atoms with E-state index in [0.29, 0.717) is 5.92 Å². The zero-order chi connectivity index (χ0) is 17.8.